The first-order valence-corrected chi connectivity index (χ1v) is 9.58. The summed E-state index contributed by atoms with van der Waals surface area (Å²) in [5.74, 6) is 1.85. The smallest absolute Gasteiger partial charge is 0.225 e. The molecule has 4 aliphatic rings. The molecule has 0 aromatic heterocycles. The van der Waals surface area contributed by atoms with Crippen LogP contribution in [-0.2, 0) is 9.53 Å². The zero-order chi connectivity index (χ0) is 15.8. The normalized spacial score (nSPS) is 42.0. The van der Waals surface area contributed by atoms with Crippen molar-refractivity contribution in [2.75, 3.05) is 39.4 Å². The van der Waals surface area contributed by atoms with Crippen LogP contribution in [0.1, 0.15) is 38.5 Å². The maximum Gasteiger partial charge on any atom is 0.225 e. The van der Waals surface area contributed by atoms with Crippen LogP contribution in [0, 0.1) is 17.8 Å². The second-order valence-electron chi connectivity index (χ2n) is 8.07. The van der Waals surface area contributed by atoms with Gasteiger partial charge in [-0.2, -0.15) is 0 Å². The van der Waals surface area contributed by atoms with Crippen LogP contribution in [0.2, 0.25) is 0 Å². The predicted molar refractivity (Wildman–Crippen MR) is 88.9 cm³/mol. The molecule has 4 rings (SSSR count). The van der Waals surface area contributed by atoms with E-state index in [1.807, 2.05) is 0 Å². The molecule has 2 N–H and O–H groups in total. The van der Waals surface area contributed by atoms with Gasteiger partial charge in [0, 0.05) is 44.2 Å². The third-order valence-electron chi connectivity index (χ3n) is 6.80. The van der Waals surface area contributed by atoms with Gasteiger partial charge in [0.1, 0.15) is 0 Å². The van der Waals surface area contributed by atoms with Crippen molar-refractivity contribution in [2.45, 2.75) is 50.6 Å². The molecule has 0 aromatic carbocycles. The van der Waals surface area contributed by atoms with Gasteiger partial charge in [0.05, 0.1) is 13.2 Å². The lowest BCUT2D eigenvalue weighted by molar-refractivity contribution is -0.137. The zero-order valence-corrected chi connectivity index (χ0v) is 14.2. The van der Waals surface area contributed by atoms with Crippen molar-refractivity contribution in [3.63, 3.8) is 0 Å². The third kappa shape index (κ3) is 3.15. The summed E-state index contributed by atoms with van der Waals surface area (Å²) in [6.45, 7) is 5.60. The molecule has 2 aliphatic carbocycles. The first-order chi connectivity index (χ1) is 11.2. The van der Waals surface area contributed by atoms with Gasteiger partial charge >= 0.3 is 0 Å². The van der Waals surface area contributed by atoms with Crippen molar-refractivity contribution in [3.8, 4) is 0 Å². The van der Waals surface area contributed by atoms with Crippen LogP contribution in [0.3, 0.4) is 0 Å². The fourth-order valence-electron chi connectivity index (χ4n) is 5.43. The average Bonchev–Trinajstić information content (AvgIpc) is 3.05. The highest BCUT2D eigenvalue weighted by Gasteiger charge is 2.42. The molecule has 2 saturated carbocycles. The summed E-state index contributed by atoms with van der Waals surface area (Å²) in [5, 5.41) is 0. The van der Waals surface area contributed by atoms with Crippen molar-refractivity contribution in [2.24, 2.45) is 23.5 Å². The van der Waals surface area contributed by atoms with E-state index in [0.717, 1.165) is 58.7 Å². The van der Waals surface area contributed by atoms with Gasteiger partial charge in [-0.3, -0.25) is 9.69 Å². The molecule has 2 aliphatic heterocycles. The first kappa shape index (κ1) is 15.9. The van der Waals surface area contributed by atoms with Crippen molar-refractivity contribution in [3.05, 3.63) is 0 Å². The van der Waals surface area contributed by atoms with Crippen molar-refractivity contribution < 1.29 is 9.53 Å². The van der Waals surface area contributed by atoms with E-state index in [1.54, 1.807) is 0 Å². The summed E-state index contributed by atoms with van der Waals surface area (Å²) in [6, 6.07) is 0.903. The first-order valence-electron chi connectivity index (χ1n) is 9.58. The molecule has 130 valence electrons. The SMILES string of the molecule is NC1C2CCCC1CC(C(=O)N1CCC(N3CCOCC3)C1)C2. The Morgan fingerprint density at radius 3 is 2.39 bits per heavy atom. The monoisotopic (exact) mass is 321 g/mol. The van der Waals surface area contributed by atoms with Crippen LogP contribution in [0.4, 0.5) is 0 Å². The summed E-state index contributed by atoms with van der Waals surface area (Å²) in [4.78, 5) is 17.7. The minimum Gasteiger partial charge on any atom is -0.379 e. The molecule has 5 nitrogen and oxygen atoms in total. The Bertz CT molecular complexity index is 424. The lowest BCUT2D eigenvalue weighted by atomic mass is 9.65. The van der Waals surface area contributed by atoms with Crippen LogP contribution < -0.4 is 5.73 Å². The number of hydrogen-bond acceptors (Lipinski definition) is 4. The Morgan fingerprint density at radius 2 is 1.70 bits per heavy atom. The standard InChI is InChI=1S/C18H31N3O2/c19-17-13-2-1-3-14(17)11-15(10-13)18(22)21-5-4-16(12-21)20-6-8-23-9-7-20/h13-17H,1-12,19H2. The number of nitrogens with two attached hydrogens (primary N) is 1. The van der Waals surface area contributed by atoms with Gasteiger partial charge in [-0.1, -0.05) is 6.42 Å². The fraction of sp³-hybridized carbons (Fsp3) is 0.944. The molecule has 3 unspecified atom stereocenters. The Morgan fingerprint density at radius 1 is 1.00 bits per heavy atom. The lowest BCUT2D eigenvalue weighted by Crippen LogP contribution is -2.50. The quantitative estimate of drug-likeness (QED) is 0.827. The van der Waals surface area contributed by atoms with Crippen molar-refractivity contribution in [1.82, 2.24) is 9.80 Å². The van der Waals surface area contributed by atoms with E-state index < -0.39 is 0 Å². The second kappa shape index (κ2) is 6.69. The van der Waals surface area contributed by atoms with E-state index in [9.17, 15) is 4.79 Å². The molecule has 4 fully saturated rings. The van der Waals surface area contributed by atoms with Gasteiger partial charge in [0.25, 0.3) is 0 Å². The van der Waals surface area contributed by atoms with Crippen molar-refractivity contribution >= 4 is 5.91 Å². The van der Waals surface area contributed by atoms with Crippen LogP contribution >= 0.6 is 0 Å². The fourth-order valence-corrected chi connectivity index (χ4v) is 5.43. The molecule has 0 aromatic rings. The maximum absolute atomic E-state index is 13.0. The number of hydrogen-bond donors (Lipinski definition) is 1. The number of carbonyl (C=O) groups is 1. The largest absolute Gasteiger partial charge is 0.379 e. The number of fused-ring (bicyclic) bond motifs is 2. The molecule has 2 heterocycles. The Kier molecular flexibility index (Phi) is 4.61. The molecule has 1 amide bonds. The molecule has 3 atom stereocenters. The van der Waals surface area contributed by atoms with Crippen LogP contribution in [0.5, 0.6) is 0 Å². The Labute approximate surface area is 139 Å². The number of morpholine rings is 1. The van der Waals surface area contributed by atoms with E-state index in [0.29, 0.717) is 29.8 Å². The molecular formula is C18H31N3O2. The van der Waals surface area contributed by atoms with Gasteiger partial charge < -0.3 is 15.4 Å². The lowest BCUT2D eigenvalue weighted by Gasteiger charge is -2.44. The highest BCUT2D eigenvalue weighted by molar-refractivity contribution is 5.79. The maximum atomic E-state index is 13.0. The number of amides is 1. The van der Waals surface area contributed by atoms with Gasteiger partial charge in [0.15, 0.2) is 0 Å². The molecule has 0 radical (unpaired) electrons. The van der Waals surface area contributed by atoms with Gasteiger partial charge in [0.2, 0.25) is 5.91 Å². The van der Waals surface area contributed by atoms with E-state index in [-0.39, 0.29) is 5.92 Å². The highest BCUT2D eigenvalue weighted by atomic mass is 16.5. The Hall–Kier alpha value is -0.650. The minimum atomic E-state index is 0.244. The number of rotatable bonds is 2. The molecule has 2 bridgehead atoms. The number of likely N-dealkylation sites (tertiary alicyclic amines) is 1. The molecular weight excluding hydrogens is 290 g/mol. The highest BCUT2D eigenvalue weighted by Crippen LogP contribution is 2.42. The number of ether oxygens (including phenoxy) is 1. The van der Waals surface area contributed by atoms with E-state index in [2.05, 4.69) is 9.80 Å². The molecule has 5 heteroatoms. The summed E-state index contributed by atoms with van der Waals surface area (Å²) >= 11 is 0. The van der Waals surface area contributed by atoms with E-state index in [1.165, 1.54) is 19.3 Å². The van der Waals surface area contributed by atoms with E-state index >= 15 is 0 Å². The zero-order valence-electron chi connectivity index (χ0n) is 14.2. The van der Waals surface area contributed by atoms with Crippen molar-refractivity contribution in [1.29, 1.82) is 0 Å². The molecule has 0 spiro atoms. The Balaban J connectivity index is 1.34. The third-order valence-corrected chi connectivity index (χ3v) is 6.80. The summed E-state index contributed by atoms with van der Waals surface area (Å²) < 4.78 is 5.45. The predicted octanol–water partition coefficient (Wildman–Crippen LogP) is 1.07. The molecule has 2 saturated heterocycles. The number of carbonyl (C=O) groups excluding carboxylic acids is 1. The van der Waals surface area contributed by atoms with E-state index in [4.69, 9.17) is 10.5 Å². The summed E-state index contributed by atoms with van der Waals surface area (Å²) in [6.07, 6.45) is 6.98. The van der Waals surface area contributed by atoms with Gasteiger partial charge in [-0.25, -0.2) is 0 Å². The van der Waals surface area contributed by atoms with Crippen LogP contribution in [0.25, 0.3) is 0 Å². The summed E-state index contributed by atoms with van der Waals surface area (Å²) in [5.41, 5.74) is 6.38. The van der Waals surface area contributed by atoms with Gasteiger partial charge in [-0.15, -0.1) is 0 Å². The van der Waals surface area contributed by atoms with Crippen LogP contribution in [-0.4, -0.2) is 67.2 Å². The van der Waals surface area contributed by atoms with Gasteiger partial charge in [-0.05, 0) is 43.9 Å². The summed E-state index contributed by atoms with van der Waals surface area (Å²) in [7, 11) is 0. The van der Waals surface area contributed by atoms with Crippen LogP contribution in [0.15, 0.2) is 0 Å². The number of nitrogens with zero attached hydrogens (tertiary/aromatic N) is 2. The second-order valence-corrected chi connectivity index (χ2v) is 8.07. The topological polar surface area (TPSA) is 58.8 Å². The minimum absolute atomic E-state index is 0.244. The molecule has 23 heavy (non-hydrogen) atoms. The average molecular weight is 321 g/mol.